The Morgan fingerprint density at radius 1 is 1.27 bits per heavy atom. The van der Waals surface area contributed by atoms with Crippen molar-refractivity contribution in [1.82, 2.24) is 24.6 Å². The topological polar surface area (TPSA) is 122 Å². The van der Waals surface area contributed by atoms with Gasteiger partial charge in [-0.25, -0.2) is 19.4 Å². The normalized spacial score (nSPS) is 13.6. The number of halogens is 4. The maximum Gasteiger partial charge on any atom is 0.490 e. The van der Waals surface area contributed by atoms with Gasteiger partial charge >= 0.3 is 12.1 Å². The Kier molecular flexibility index (Phi) is 7.71. The molecule has 0 spiro atoms. The van der Waals surface area contributed by atoms with Crippen LogP contribution in [0.4, 0.5) is 24.7 Å². The van der Waals surface area contributed by atoms with Gasteiger partial charge in [0, 0.05) is 43.6 Å². The summed E-state index contributed by atoms with van der Waals surface area (Å²) in [5.74, 6) is -1.55. The Bertz CT molecular complexity index is 1090. The van der Waals surface area contributed by atoms with Crippen molar-refractivity contribution in [3.63, 3.8) is 0 Å². The van der Waals surface area contributed by atoms with E-state index in [1.807, 2.05) is 18.2 Å². The molecule has 1 aliphatic heterocycles. The van der Waals surface area contributed by atoms with Crippen molar-refractivity contribution in [1.29, 1.82) is 0 Å². The van der Waals surface area contributed by atoms with Crippen LogP contribution in [-0.4, -0.2) is 61.5 Å². The van der Waals surface area contributed by atoms with E-state index < -0.39 is 12.1 Å². The van der Waals surface area contributed by atoms with E-state index in [0.717, 1.165) is 37.6 Å². The molecule has 1 aliphatic rings. The largest absolute Gasteiger partial charge is 0.490 e. The summed E-state index contributed by atoms with van der Waals surface area (Å²) in [7, 11) is 0. The number of hydrogen-bond acceptors (Lipinski definition) is 7. The lowest BCUT2D eigenvalue weighted by molar-refractivity contribution is -0.192. The zero-order valence-corrected chi connectivity index (χ0v) is 18.0. The van der Waals surface area contributed by atoms with Crippen LogP contribution in [-0.2, 0) is 17.8 Å². The minimum absolute atomic E-state index is 0.493. The van der Waals surface area contributed by atoms with E-state index in [0.29, 0.717) is 17.3 Å². The van der Waals surface area contributed by atoms with E-state index in [9.17, 15) is 13.2 Å². The fourth-order valence-corrected chi connectivity index (χ4v) is 3.54. The van der Waals surface area contributed by atoms with Gasteiger partial charge in [0.1, 0.15) is 12.0 Å². The molecule has 13 heteroatoms. The van der Waals surface area contributed by atoms with Gasteiger partial charge in [-0.2, -0.15) is 18.3 Å². The Morgan fingerprint density at radius 3 is 2.70 bits per heavy atom. The molecule has 0 fully saturated rings. The number of anilines is 2. The second-order valence-corrected chi connectivity index (χ2v) is 7.45. The number of nitrogens with zero attached hydrogens (tertiary/aromatic N) is 5. The number of alkyl halides is 3. The fraction of sp³-hybridized carbons (Fsp3) is 0.300. The van der Waals surface area contributed by atoms with Crippen molar-refractivity contribution in [3.8, 4) is 5.82 Å². The van der Waals surface area contributed by atoms with Gasteiger partial charge in [-0.05, 0) is 29.7 Å². The molecule has 0 aliphatic carbocycles. The lowest BCUT2D eigenvalue weighted by Gasteiger charge is -2.29. The lowest BCUT2D eigenvalue weighted by atomic mass is 10.00. The van der Waals surface area contributed by atoms with Crippen LogP contribution in [0.5, 0.6) is 0 Å². The summed E-state index contributed by atoms with van der Waals surface area (Å²) in [6, 6.07) is 7.96. The molecule has 4 rings (SSSR count). The number of benzene rings is 1. The monoisotopic (exact) mass is 483 g/mol. The molecule has 3 aromatic rings. The van der Waals surface area contributed by atoms with Gasteiger partial charge in [0.2, 0.25) is 0 Å². The highest BCUT2D eigenvalue weighted by Gasteiger charge is 2.38. The first-order valence-corrected chi connectivity index (χ1v) is 10.2. The van der Waals surface area contributed by atoms with Crippen LogP contribution in [0.1, 0.15) is 11.1 Å². The summed E-state index contributed by atoms with van der Waals surface area (Å²) in [5, 5.41) is 15.5. The summed E-state index contributed by atoms with van der Waals surface area (Å²) >= 11 is 6.28. The molecule has 0 saturated heterocycles. The molecule has 0 bridgehead atoms. The van der Waals surface area contributed by atoms with Gasteiger partial charge in [0.15, 0.2) is 11.6 Å². The maximum atomic E-state index is 10.6. The van der Waals surface area contributed by atoms with E-state index in [4.69, 9.17) is 27.2 Å². The molecular formula is C20H21ClF3N7O2. The lowest BCUT2D eigenvalue weighted by Crippen LogP contribution is -2.34. The molecule has 1 aromatic carbocycles. The number of aromatic nitrogens is 4. The maximum absolute atomic E-state index is 10.6. The number of nitrogens with two attached hydrogens (primary N) is 1. The second-order valence-electron chi connectivity index (χ2n) is 7.04. The molecule has 176 valence electrons. The van der Waals surface area contributed by atoms with Crippen LogP contribution in [0.3, 0.4) is 0 Å². The summed E-state index contributed by atoms with van der Waals surface area (Å²) < 4.78 is 33.4. The Morgan fingerprint density at radius 2 is 2.03 bits per heavy atom. The van der Waals surface area contributed by atoms with Crippen molar-refractivity contribution < 1.29 is 23.1 Å². The first-order valence-electron chi connectivity index (χ1n) is 9.80. The quantitative estimate of drug-likeness (QED) is 0.506. The number of carbonyl (C=O) groups is 1. The van der Waals surface area contributed by atoms with Gasteiger partial charge < -0.3 is 16.2 Å². The average Bonchev–Trinajstić information content (AvgIpc) is 3.29. The van der Waals surface area contributed by atoms with Gasteiger partial charge in [-0.15, -0.1) is 0 Å². The van der Waals surface area contributed by atoms with Crippen LogP contribution >= 0.6 is 11.6 Å². The molecule has 0 unspecified atom stereocenters. The van der Waals surface area contributed by atoms with Crippen molar-refractivity contribution in [2.45, 2.75) is 19.1 Å². The Hall–Kier alpha value is -3.38. The van der Waals surface area contributed by atoms with E-state index in [-0.39, 0.29) is 0 Å². The SMILES string of the molecule is Nc1c(NCCN2CCc3c(Cl)cccc3C2)ncnc1-n1cccn1.O=C(O)C(F)(F)F. The van der Waals surface area contributed by atoms with Crippen LogP contribution < -0.4 is 11.1 Å². The highest BCUT2D eigenvalue weighted by Crippen LogP contribution is 2.26. The van der Waals surface area contributed by atoms with Crippen LogP contribution in [0.15, 0.2) is 43.0 Å². The summed E-state index contributed by atoms with van der Waals surface area (Å²) in [6.07, 6.45) is 0.886. The highest BCUT2D eigenvalue weighted by atomic mass is 35.5. The number of carboxylic acids is 1. The zero-order valence-electron chi connectivity index (χ0n) is 17.3. The zero-order chi connectivity index (χ0) is 24.0. The van der Waals surface area contributed by atoms with E-state index in [2.05, 4.69) is 31.3 Å². The standard InChI is InChI=1S/C18H20ClN7.C2HF3O2/c19-15-4-1-3-13-11-25(9-5-14(13)15)10-7-21-17-16(20)18(23-12-22-17)26-8-2-6-24-26;3-2(4,5)1(6)7/h1-4,6,8,12H,5,7,9-11,20H2,(H,21,22,23);(H,6,7). The fourth-order valence-electron chi connectivity index (χ4n) is 3.25. The van der Waals surface area contributed by atoms with Gasteiger partial charge in [0.05, 0.1) is 0 Å². The van der Waals surface area contributed by atoms with Crippen LogP contribution in [0, 0.1) is 0 Å². The van der Waals surface area contributed by atoms with Crippen molar-refractivity contribution in [3.05, 3.63) is 59.1 Å². The molecule has 9 nitrogen and oxygen atoms in total. The Labute approximate surface area is 192 Å². The molecule has 0 atom stereocenters. The average molecular weight is 484 g/mol. The number of nitrogen functional groups attached to an aromatic ring is 1. The van der Waals surface area contributed by atoms with Gasteiger partial charge in [0.25, 0.3) is 0 Å². The predicted molar refractivity (Wildman–Crippen MR) is 116 cm³/mol. The highest BCUT2D eigenvalue weighted by molar-refractivity contribution is 6.31. The summed E-state index contributed by atoms with van der Waals surface area (Å²) in [4.78, 5) is 19.8. The predicted octanol–water partition coefficient (Wildman–Crippen LogP) is 3.00. The molecule has 0 saturated carbocycles. The molecule has 33 heavy (non-hydrogen) atoms. The first kappa shape index (κ1) is 24.3. The third-order valence-corrected chi connectivity index (χ3v) is 5.19. The molecule has 2 aromatic heterocycles. The van der Waals surface area contributed by atoms with E-state index in [1.165, 1.54) is 17.5 Å². The smallest absolute Gasteiger partial charge is 0.475 e. The van der Waals surface area contributed by atoms with Crippen LogP contribution in [0.2, 0.25) is 5.02 Å². The van der Waals surface area contributed by atoms with Gasteiger partial charge in [-0.1, -0.05) is 23.7 Å². The molecule has 3 heterocycles. The summed E-state index contributed by atoms with van der Waals surface area (Å²) in [5.41, 5.74) is 9.28. The second kappa shape index (κ2) is 10.5. The van der Waals surface area contributed by atoms with Crippen LogP contribution in [0.25, 0.3) is 5.82 Å². The van der Waals surface area contributed by atoms with Gasteiger partial charge in [-0.3, -0.25) is 4.90 Å². The minimum atomic E-state index is -5.08. The number of rotatable bonds is 5. The van der Waals surface area contributed by atoms with Crippen molar-refractivity contribution in [2.75, 3.05) is 30.7 Å². The molecule has 0 radical (unpaired) electrons. The number of hydrogen-bond donors (Lipinski definition) is 3. The van der Waals surface area contributed by atoms with E-state index >= 15 is 0 Å². The third-order valence-electron chi connectivity index (χ3n) is 4.84. The summed E-state index contributed by atoms with van der Waals surface area (Å²) in [6.45, 7) is 3.55. The molecule has 4 N–H and O–H groups in total. The first-order chi connectivity index (χ1) is 15.7. The van der Waals surface area contributed by atoms with Crippen molar-refractivity contribution in [2.24, 2.45) is 0 Å². The van der Waals surface area contributed by atoms with Crippen molar-refractivity contribution >= 4 is 29.1 Å². The number of aliphatic carboxylic acids is 1. The minimum Gasteiger partial charge on any atom is -0.475 e. The molecular weight excluding hydrogens is 463 g/mol. The number of carboxylic acid groups (broad SMARTS) is 1. The van der Waals surface area contributed by atoms with E-state index in [1.54, 1.807) is 17.1 Å². The number of fused-ring (bicyclic) bond motifs is 1. The number of nitrogens with one attached hydrogen (secondary N) is 1. The third kappa shape index (κ3) is 6.33. The Balaban J connectivity index is 0.000000383. The molecule has 0 amide bonds.